The smallest absolute Gasteiger partial charge is 0.242 e. The lowest BCUT2D eigenvalue weighted by atomic mass is 10.0. The lowest BCUT2D eigenvalue weighted by Crippen LogP contribution is -2.53. The average Bonchev–Trinajstić information content (AvgIpc) is 2.58. The number of nitrogens with zero attached hydrogens (tertiary/aromatic N) is 2. The number of rotatable bonds is 4. The lowest BCUT2D eigenvalue weighted by molar-refractivity contribution is -0.142. The Hall–Kier alpha value is -2.57. The summed E-state index contributed by atoms with van der Waals surface area (Å²) in [7, 11) is 1.58. The maximum Gasteiger partial charge on any atom is 0.242 e. The first-order valence-electron chi connectivity index (χ1n) is 7.86. The van der Waals surface area contributed by atoms with E-state index in [0.29, 0.717) is 25.4 Å². The third kappa shape index (κ3) is 4.04. The van der Waals surface area contributed by atoms with Gasteiger partial charge in [-0.15, -0.1) is 0 Å². The maximum absolute atomic E-state index is 12.5. The van der Waals surface area contributed by atoms with Gasteiger partial charge in [0.05, 0.1) is 19.7 Å². The van der Waals surface area contributed by atoms with Crippen molar-refractivity contribution < 1.29 is 19.1 Å². The number of piperazine rings is 1. The van der Waals surface area contributed by atoms with Crippen molar-refractivity contribution in [1.82, 2.24) is 15.1 Å². The zero-order valence-corrected chi connectivity index (χ0v) is 14.2. The second kappa shape index (κ2) is 7.81. The van der Waals surface area contributed by atoms with E-state index in [1.807, 2.05) is 24.3 Å². The minimum atomic E-state index is -0.306. The molecule has 0 radical (unpaired) electrons. The van der Waals surface area contributed by atoms with Gasteiger partial charge in [-0.3, -0.25) is 14.4 Å². The third-order valence-corrected chi connectivity index (χ3v) is 4.13. The molecule has 1 atom stereocenters. The molecule has 1 saturated heterocycles. The van der Waals surface area contributed by atoms with Crippen LogP contribution in [0.3, 0.4) is 0 Å². The predicted molar refractivity (Wildman–Crippen MR) is 88.4 cm³/mol. The highest BCUT2D eigenvalue weighted by atomic mass is 16.5. The molecule has 0 unspecified atom stereocenters. The van der Waals surface area contributed by atoms with Crippen LogP contribution in [0.15, 0.2) is 24.3 Å². The van der Waals surface area contributed by atoms with Gasteiger partial charge >= 0.3 is 0 Å². The van der Waals surface area contributed by atoms with Gasteiger partial charge in [0.1, 0.15) is 5.75 Å². The molecule has 0 aromatic heterocycles. The Labute approximate surface area is 141 Å². The first-order valence-corrected chi connectivity index (χ1v) is 7.86. The molecule has 1 aromatic rings. The number of ether oxygens (including phenoxy) is 1. The lowest BCUT2D eigenvalue weighted by Gasteiger charge is -2.41. The van der Waals surface area contributed by atoms with Gasteiger partial charge in [0, 0.05) is 39.0 Å². The molecule has 1 aromatic carbocycles. The predicted octanol–water partition coefficient (Wildman–Crippen LogP) is 0.563. The molecule has 1 N–H and O–H groups in total. The van der Waals surface area contributed by atoms with Gasteiger partial charge in [0.25, 0.3) is 0 Å². The minimum Gasteiger partial charge on any atom is -0.496 e. The number of methoxy groups -OCH3 is 1. The second-order valence-corrected chi connectivity index (χ2v) is 5.72. The van der Waals surface area contributed by atoms with E-state index in [4.69, 9.17) is 4.74 Å². The quantitative estimate of drug-likeness (QED) is 0.873. The van der Waals surface area contributed by atoms with Crippen LogP contribution in [0, 0.1) is 0 Å². The molecule has 130 valence electrons. The van der Waals surface area contributed by atoms with E-state index in [0.717, 1.165) is 5.56 Å². The van der Waals surface area contributed by atoms with Crippen LogP contribution in [0.5, 0.6) is 5.75 Å². The highest BCUT2D eigenvalue weighted by Crippen LogP contribution is 2.32. The fraction of sp³-hybridized carbons (Fsp3) is 0.471. The van der Waals surface area contributed by atoms with Crippen molar-refractivity contribution in [2.45, 2.75) is 19.9 Å². The van der Waals surface area contributed by atoms with Gasteiger partial charge in [-0.1, -0.05) is 18.2 Å². The number of carbonyl (C=O) groups excluding carboxylic acids is 3. The molecule has 1 aliphatic rings. The van der Waals surface area contributed by atoms with Crippen LogP contribution >= 0.6 is 0 Å². The molecule has 24 heavy (non-hydrogen) atoms. The molecule has 2 rings (SSSR count). The molecular formula is C17H23N3O4. The molecular weight excluding hydrogens is 310 g/mol. The summed E-state index contributed by atoms with van der Waals surface area (Å²) in [5.74, 6) is 0.220. The number of nitrogens with one attached hydrogen (secondary N) is 1. The van der Waals surface area contributed by atoms with E-state index in [2.05, 4.69) is 5.32 Å². The van der Waals surface area contributed by atoms with Crippen molar-refractivity contribution in [2.24, 2.45) is 0 Å². The molecule has 1 heterocycles. The normalized spacial score (nSPS) is 17.4. The van der Waals surface area contributed by atoms with Crippen molar-refractivity contribution in [1.29, 1.82) is 0 Å². The summed E-state index contributed by atoms with van der Waals surface area (Å²) >= 11 is 0. The van der Waals surface area contributed by atoms with Gasteiger partial charge < -0.3 is 19.9 Å². The number of carbonyl (C=O) groups is 3. The minimum absolute atomic E-state index is 0.0242. The summed E-state index contributed by atoms with van der Waals surface area (Å²) in [4.78, 5) is 38.8. The van der Waals surface area contributed by atoms with Crippen LogP contribution in [0.2, 0.25) is 0 Å². The van der Waals surface area contributed by atoms with Crippen molar-refractivity contribution in [3.8, 4) is 5.75 Å². The molecule has 3 amide bonds. The van der Waals surface area contributed by atoms with Crippen LogP contribution in [-0.4, -0.2) is 60.8 Å². The third-order valence-electron chi connectivity index (χ3n) is 4.13. The molecule has 0 saturated carbocycles. The Kier molecular flexibility index (Phi) is 5.78. The van der Waals surface area contributed by atoms with Gasteiger partial charge in [0.2, 0.25) is 17.7 Å². The summed E-state index contributed by atoms with van der Waals surface area (Å²) in [6.07, 6.45) is 0. The number of amides is 3. The summed E-state index contributed by atoms with van der Waals surface area (Å²) in [5.41, 5.74) is 0.849. The van der Waals surface area contributed by atoms with Gasteiger partial charge in [-0.25, -0.2) is 0 Å². The summed E-state index contributed by atoms with van der Waals surface area (Å²) < 4.78 is 5.41. The topological polar surface area (TPSA) is 79.0 Å². The summed E-state index contributed by atoms with van der Waals surface area (Å²) in [6.45, 7) is 4.14. The van der Waals surface area contributed by atoms with Crippen LogP contribution in [0.1, 0.15) is 25.5 Å². The molecule has 1 fully saturated rings. The highest BCUT2D eigenvalue weighted by Gasteiger charge is 2.33. The zero-order chi connectivity index (χ0) is 17.7. The first-order chi connectivity index (χ1) is 11.4. The van der Waals surface area contributed by atoms with Crippen molar-refractivity contribution in [3.63, 3.8) is 0 Å². The summed E-state index contributed by atoms with van der Waals surface area (Å²) in [5, 5.41) is 2.54. The molecule has 0 spiro atoms. The van der Waals surface area contributed by atoms with Crippen molar-refractivity contribution in [2.75, 3.05) is 33.3 Å². The van der Waals surface area contributed by atoms with Crippen molar-refractivity contribution in [3.05, 3.63) is 29.8 Å². The Morgan fingerprint density at radius 3 is 2.54 bits per heavy atom. The Morgan fingerprint density at radius 2 is 1.92 bits per heavy atom. The maximum atomic E-state index is 12.5. The van der Waals surface area contributed by atoms with E-state index < -0.39 is 0 Å². The van der Waals surface area contributed by atoms with E-state index in [-0.39, 0.29) is 30.3 Å². The van der Waals surface area contributed by atoms with E-state index in [9.17, 15) is 14.4 Å². The largest absolute Gasteiger partial charge is 0.496 e. The number of benzene rings is 1. The monoisotopic (exact) mass is 333 g/mol. The SMILES string of the molecule is COc1ccccc1[C@@H]1CN(C(C)=O)CCN1C(=O)CNC(C)=O. The van der Waals surface area contributed by atoms with Crippen LogP contribution in [-0.2, 0) is 14.4 Å². The van der Waals surface area contributed by atoms with Gasteiger partial charge in [-0.05, 0) is 6.07 Å². The molecule has 0 bridgehead atoms. The highest BCUT2D eigenvalue weighted by molar-refractivity contribution is 5.84. The Morgan fingerprint density at radius 1 is 1.21 bits per heavy atom. The summed E-state index contributed by atoms with van der Waals surface area (Å²) in [6, 6.07) is 7.16. The van der Waals surface area contributed by atoms with Gasteiger partial charge in [0.15, 0.2) is 0 Å². The number of hydrogen-bond acceptors (Lipinski definition) is 4. The fourth-order valence-corrected chi connectivity index (χ4v) is 2.88. The Balaban J connectivity index is 2.29. The van der Waals surface area contributed by atoms with Crippen LogP contribution < -0.4 is 10.1 Å². The van der Waals surface area contributed by atoms with E-state index in [1.54, 1.807) is 16.9 Å². The van der Waals surface area contributed by atoms with E-state index >= 15 is 0 Å². The van der Waals surface area contributed by atoms with Crippen molar-refractivity contribution >= 4 is 17.7 Å². The van der Waals surface area contributed by atoms with Crippen LogP contribution in [0.4, 0.5) is 0 Å². The first kappa shape index (κ1) is 17.8. The molecule has 0 aliphatic carbocycles. The zero-order valence-electron chi connectivity index (χ0n) is 14.2. The molecule has 7 nitrogen and oxygen atoms in total. The standard InChI is InChI=1S/C17H23N3O4/c1-12(21)18-10-17(23)20-9-8-19(13(2)22)11-15(20)14-6-4-5-7-16(14)24-3/h4-7,15H,8-11H2,1-3H3,(H,18,21)/t15-/m0/s1. The molecule has 1 aliphatic heterocycles. The Bertz CT molecular complexity index is 632. The number of para-hydroxylation sites is 1. The second-order valence-electron chi connectivity index (χ2n) is 5.72. The molecule has 7 heteroatoms. The fourth-order valence-electron chi connectivity index (χ4n) is 2.88. The van der Waals surface area contributed by atoms with Crippen LogP contribution in [0.25, 0.3) is 0 Å². The average molecular weight is 333 g/mol. The van der Waals surface area contributed by atoms with Gasteiger partial charge in [-0.2, -0.15) is 0 Å². The number of hydrogen-bond donors (Lipinski definition) is 1. The van der Waals surface area contributed by atoms with E-state index in [1.165, 1.54) is 13.8 Å².